The average molecular weight is 525 g/mol. The van der Waals surface area contributed by atoms with Crippen LogP contribution in [0.3, 0.4) is 0 Å². The molecular formula is C27H32N4O7. The summed E-state index contributed by atoms with van der Waals surface area (Å²) in [5.41, 5.74) is 4.33. The van der Waals surface area contributed by atoms with Gasteiger partial charge in [0.2, 0.25) is 17.7 Å². The van der Waals surface area contributed by atoms with E-state index >= 15 is 0 Å². The molecule has 11 nitrogen and oxygen atoms in total. The number of amides is 4. The lowest BCUT2D eigenvalue weighted by atomic mass is 9.98. The third-order valence-corrected chi connectivity index (χ3v) is 6.18. The van der Waals surface area contributed by atoms with Gasteiger partial charge < -0.3 is 31.1 Å². The van der Waals surface area contributed by atoms with Crippen LogP contribution in [0, 0.1) is 5.92 Å². The Bertz CT molecular complexity index is 1170. The number of rotatable bonds is 11. The van der Waals surface area contributed by atoms with E-state index < -0.39 is 55.0 Å². The third-order valence-electron chi connectivity index (χ3n) is 6.18. The summed E-state index contributed by atoms with van der Waals surface area (Å²) < 4.78 is 5.53. The number of hydrogen-bond acceptors (Lipinski definition) is 6. The molecule has 0 spiro atoms. The van der Waals surface area contributed by atoms with E-state index in [9.17, 15) is 24.0 Å². The minimum atomic E-state index is -1.21. The van der Waals surface area contributed by atoms with Gasteiger partial charge in [-0.1, -0.05) is 62.4 Å². The second-order valence-corrected chi connectivity index (χ2v) is 9.31. The molecule has 0 saturated heterocycles. The lowest BCUT2D eigenvalue weighted by Gasteiger charge is -2.24. The summed E-state index contributed by atoms with van der Waals surface area (Å²) in [7, 11) is 0. The van der Waals surface area contributed by atoms with E-state index in [2.05, 4.69) is 21.3 Å². The Balaban J connectivity index is 1.53. The maximum Gasteiger partial charge on any atom is 0.407 e. The summed E-state index contributed by atoms with van der Waals surface area (Å²) in [6.07, 6.45) is -0.757. The van der Waals surface area contributed by atoms with Crippen LogP contribution in [0.15, 0.2) is 48.5 Å². The van der Waals surface area contributed by atoms with Gasteiger partial charge in [0, 0.05) is 5.92 Å². The first kappa shape index (κ1) is 28.2. The predicted octanol–water partition coefficient (Wildman–Crippen LogP) is 1.37. The van der Waals surface area contributed by atoms with Crippen LogP contribution < -0.4 is 21.3 Å². The highest BCUT2D eigenvalue weighted by atomic mass is 16.5. The fourth-order valence-corrected chi connectivity index (χ4v) is 4.23. The van der Waals surface area contributed by atoms with Crippen molar-refractivity contribution in [2.45, 2.75) is 38.8 Å². The smallest absolute Gasteiger partial charge is 0.407 e. The van der Waals surface area contributed by atoms with Crippen molar-refractivity contribution in [3.8, 4) is 11.1 Å². The number of carboxylic acid groups (broad SMARTS) is 1. The van der Waals surface area contributed by atoms with E-state index in [1.54, 1.807) is 13.8 Å². The molecule has 202 valence electrons. The fraction of sp³-hybridized carbons (Fsp3) is 0.370. The molecule has 0 aromatic heterocycles. The number of carboxylic acids is 1. The lowest BCUT2D eigenvalue weighted by molar-refractivity contribution is -0.138. The summed E-state index contributed by atoms with van der Waals surface area (Å²) in [5, 5.41) is 18.1. The van der Waals surface area contributed by atoms with Crippen molar-refractivity contribution in [1.82, 2.24) is 21.3 Å². The number of benzene rings is 2. The Hall–Kier alpha value is -4.41. The van der Waals surface area contributed by atoms with E-state index in [4.69, 9.17) is 9.84 Å². The van der Waals surface area contributed by atoms with Gasteiger partial charge in [0.1, 0.15) is 25.2 Å². The third kappa shape index (κ3) is 7.09. The van der Waals surface area contributed by atoms with Crippen molar-refractivity contribution < 1.29 is 33.8 Å². The second-order valence-electron chi connectivity index (χ2n) is 9.31. The molecule has 2 atom stereocenters. The molecule has 0 saturated carbocycles. The zero-order valence-corrected chi connectivity index (χ0v) is 21.4. The van der Waals surface area contributed by atoms with E-state index in [0.29, 0.717) is 0 Å². The van der Waals surface area contributed by atoms with Crippen LogP contribution in [0.5, 0.6) is 0 Å². The summed E-state index contributed by atoms with van der Waals surface area (Å²) in [6, 6.07) is 13.9. The molecule has 1 aliphatic carbocycles. The van der Waals surface area contributed by atoms with Crippen LogP contribution >= 0.6 is 0 Å². The van der Waals surface area contributed by atoms with Gasteiger partial charge in [-0.05, 0) is 35.1 Å². The number of aliphatic carboxylic acids is 1. The molecule has 0 heterocycles. The molecule has 0 radical (unpaired) electrons. The van der Waals surface area contributed by atoms with Crippen LogP contribution in [0.2, 0.25) is 0 Å². The molecule has 11 heteroatoms. The van der Waals surface area contributed by atoms with Crippen LogP contribution in [0.1, 0.15) is 37.8 Å². The number of carbonyl (C=O) groups is 5. The highest BCUT2D eigenvalue weighted by Gasteiger charge is 2.31. The minimum Gasteiger partial charge on any atom is -0.480 e. The molecule has 0 unspecified atom stereocenters. The van der Waals surface area contributed by atoms with Crippen molar-refractivity contribution in [1.29, 1.82) is 0 Å². The van der Waals surface area contributed by atoms with Crippen molar-refractivity contribution in [3.63, 3.8) is 0 Å². The Morgan fingerprint density at radius 3 is 1.95 bits per heavy atom. The van der Waals surface area contributed by atoms with E-state index in [1.807, 2.05) is 48.5 Å². The van der Waals surface area contributed by atoms with Crippen molar-refractivity contribution in [3.05, 3.63) is 59.7 Å². The highest BCUT2D eigenvalue weighted by Crippen LogP contribution is 2.44. The number of alkyl carbamates (subject to hydrolysis) is 1. The lowest BCUT2D eigenvalue weighted by Crippen LogP contribution is -2.55. The average Bonchev–Trinajstić information content (AvgIpc) is 3.21. The van der Waals surface area contributed by atoms with Gasteiger partial charge in [0.05, 0.1) is 6.54 Å². The molecule has 0 bridgehead atoms. The Morgan fingerprint density at radius 2 is 1.39 bits per heavy atom. The first-order chi connectivity index (χ1) is 18.1. The highest BCUT2D eigenvalue weighted by molar-refractivity contribution is 5.93. The molecule has 38 heavy (non-hydrogen) atoms. The van der Waals surface area contributed by atoms with Gasteiger partial charge in [-0.3, -0.25) is 19.2 Å². The normalized spacial score (nSPS) is 13.5. The maximum absolute atomic E-state index is 12.8. The number of nitrogens with one attached hydrogen (secondary N) is 4. The molecule has 2 aromatic rings. The number of ether oxygens (including phenoxy) is 1. The molecule has 3 rings (SSSR count). The number of fused-ring (bicyclic) bond motifs is 3. The fourth-order valence-electron chi connectivity index (χ4n) is 4.23. The topological polar surface area (TPSA) is 163 Å². The van der Waals surface area contributed by atoms with E-state index in [1.165, 1.54) is 6.92 Å². The predicted molar refractivity (Wildman–Crippen MR) is 138 cm³/mol. The minimum absolute atomic E-state index is 0.0923. The van der Waals surface area contributed by atoms with E-state index in [0.717, 1.165) is 22.3 Å². The van der Waals surface area contributed by atoms with Gasteiger partial charge in [0.25, 0.3) is 0 Å². The van der Waals surface area contributed by atoms with Crippen LogP contribution in [-0.2, 0) is 23.9 Å². The Morgan fingerprint density at radius 1 is 0.816 bits per heavy atom. The van der Waals surface area contributed by atoms with Crippen LogP contribution in [0.4, 0.5) is 4.79 Å². The molecule has 0 fully saturated rings. The van der Waals surface area contributed by atoms with Crippen LogP contribution in [0.25, 0.3) is 11.1 Å². The monoisotopic (exact) mass is 524 g/mol. The number of carbonyl (C=O) groups excluding carboxylic acids is 4. The standard InChI is InChI=1S/C27H32N4O7/c1-15(2)24(26(36)30-16(3)25(35)29-12-22(32)28-13-23(33)34)31-27(37)38-14-21-19-10-6-4-8-17(19)18-9-5-7-11-20(18)21/h4-11,15-16,21,24H,12-14H2,1-3H3,(H,28,32)(H,29,35)(H,30,36)(H,31,37)(H,33,34)/t16-,24-/m0/s1. The van der Waals surface area contributed by atoms with E-state index in [-0.39, 0.29) is 18.4 Å². The quantitative estimate of drug-likeness (QED) is 0.296. The summed E-state index contributed by atoms with van der Waals surface area (Å²) >= 11 is 0. The Kier molecular flexibility index (Phi) is 9.42. The van der Waals surface area contributed by atoms with Gasteiger partial charge in [0.15, 0.2) is 0 Å². The molecule has 0 aliphatic heterocycles. The van der Waals surface area contributed by atoms with Gasteiger partial charge >= 0.3 is 12.1 Å². The largest absolute Gasteiger partial charge is 0.480 e. The van der Waals surface area contributed by atoms with Crippen molar-refractivity contribution in [2.75, 3.05) is 19.7 Å². The van der Waals surface area contributed by atoms with Crippen LogP contribution in [-0.4, -0.2) is 66.7 Å². The maximum atomic E-state index is 12.8. The second kappa shape index (κ2) is 12.7. The molecule has 1 aliphatic rings. The molecule has 2 aromatic carbocycles. The molecule has 5 N–H and O–H groups in total. The van der Waals surface area contributed by atoms with Crippen molar-refractivity contribution in [2.24, 2.45) is 5.92 Å². The summed E-state index contributed by atoms with van der Waals surface area (Å²) in [4.78, 5) is 59.8. The Labute approximate surface area is 220 Å². The van der Waals surface area contributed by atoms with Gasteiger partial charge in [-0.25, -0.2) is 4.79 Å². The summed E-state index contributed by atoms with van der Waals surface area (Å²) in [6.45, 7) is 3.98. The first-order valence-electron chi connectivity index (χ1n) is 12.3. The van der Waals surface area contributed by atoms with Crippen molar-refractivity contribution >= 4 is 29.8 Å². The van der Waals surface area contributed by atoms with Gasteiger partial charge in [-0.15, -0.1) is 0 Å². The SMILES string of the molecule is CC(C)[C@H](NC(=O)OCC1c2ccccc2-c2ccccc21)C(=O)N[C@@H](C)C(=O)NCC(=O)NCC(=O)O. The summed E-state index contributed by atoms with van der Waals surface area (Å²) in [5.74, 6) is -3.58. The number of hydrogen-bond donors (Lipinski definition) is 5. The first-order valence-corrected chi connectivity index (χ1v) is 12.3. The van der Waals surface area contributed by atoms with Gasteiger partial charge in [-0.2, -0.15) is 0 Å². The molecule has 4 amide bonds. The molecular weight excluding hydrogens is 492 g/mol. The zero-order valence-electron chi connectivity index (χ0n) is 21.4. The zero-order chi connectivity index (χ0) is 27.8.